The van der Waals surface area contributed by atoms with E-state index in [9.17, 15) is 9.18 Å². The van der Waals surface area contributed by atoms with E-state index in [1.807, 2.05) is 43.1 Å². The first-order chi connectivity index (χ1) is 10.9. The fourth-order valence-electron chi connectivity index (χ4n) is 2.06. The minimum Gasteiger partial charge on any atom is -0.323 e. The number of anilines is 1. The molecule has 0 aliphatic carbocycles. The summed E-state index contributed by atoms with van der Waals surface area (Å²) < 4.78 is 14.0. The van der Waals surface area contributed by atoms with Crippen LogP contribution in [0.15, 0.2) is 46.9 Å². The number of likely N-dealkylation sites (N-methyl/N-ethyl adjacent to an activating group) is 1. The molecule has 2 rings (SSSR count). The first-order valence-corrected chi connectivity index (χ1v) is 8.25. The van der Waals surface area contributed by atoms with Gasteiger partial charge in [-0.2, -0.15) is 0 Å². The molecule has 0 unspecified atom stereocenters. The summed E-state index contributed by atoms with van der Waals surface area (Å²) in [6.45, 7) is 2.43. The van der Waals surface area contributed by atoms with E-state index in [0.29, 0.717) is 12.2 Å². The summed E-state index contributed by atoms with van der Waals surface area (Å²) in [6, 6.07) is 11.4. The second-order valence-electron chi connectivity index (χ2n) is 5.30. The Bertz CT molecular complexity index is 711. The first kappa shape index (κ1) is 17.9. The van der Waals surface area contributed by atoms with Crippen LogP contribution in [0.5, 0.6) is 0 Å². The average molecular weight is 400 g/mol. The molecule has 0 spiro atoms. The zero-order chi connectivity index (χ0) is 17.0. The van der Waals surface area contributed by atoms with Crippen molar-refractivity contribution in [2.75, 3.05) is 12.4 Å². The SMILES string of the molecule is C[C@H](C(=O)Nc1ccc(F)cc1Cl)N(C)Cc1ccccc1Br. The van der Waals surface area contributed by atoms with Gasteiger partial charge in [0.15, 0.2) is 0 Å². The molecular weight excluding hydrogens is 383 g/mol. The zero-order valence-electron chi connectivity index (χ0n) is 12.8. The number of carbonyl (C=O) groups excluding carboxylic acids is 1. The van der Waals surface area contributed by atoms with E-state index in [4.69, 9.17) is 11.6 Å². The molecule has 2 aromatic carbocycles. The second kappa shape index (κ2) is 7.90. The highest BCUT2D eigenvalue weighted by molar-refractivity contribution is 9.10. The Labute approximate surface area is 148 Å². The van der Waals surface area contributed by atoms with Crippen LogP contribution in [0.4, 0.5) is 10.1 Å². The van der Waals surface area contributed by atoms with Gasteiger partial charge in [0.25, 0.3) is 0 Å². The van der Waals surface area contributed by atoms with Crippen LogP contribution < -0.4 is 5.32 Å². The molecule has 1 amide bonds. The predicted molar refractivity (Wildman–Crippen MR) is 95.1 cm³/mol. The first-order valence-electron chi connectivity index (χ1n) is 7.08. The highest BCUT2D eigenvalue weighted by Crippen LogP contribution is 2.23. The molecular formula is C17H17BrClFN2O. The van der Waals surface area contributed by atoms with Crippen molar-refractivity contribution in [3.05, 3.63) is 63.3 Å². The predicted octanol–water partition coefficient (Wildman–Crippen LogP) is 4.70. The number of amides is 1. The number of nitrogens with one attached hydrogen (secondary N) is 1. The normalized spacial score (nSPS) is 12.3. The molecule has 0 aliphatic heterocycles. The van der Waals surface area contributed by atoms with Crippen molar-refractivity contribution in [3.63, 3.8) is 0 Å². The fourth-order valence-corrected chi connectivity index (χ4v) is 2.69. The molecule has 1 atom stereocenters. The van der Waals surface area contributed by atoms with Crippen LogP contribution in [0.2, 0.25) is 5.02 Å². The highest BCUT2D eigenvalue weighted by atomic mass is 79.9. The van der Waals surface area contributed by atoms with E-state index in [0.717, 1.165) is 10.0 Å². The number of hydrogen-bond acceptors (Lipinski definition) is 2. The molecule has 0 radical (unpaired) electrons. The number of halogens is 3. The van der Waals surface area contributed by atoms with Gasteiger partial charge >= 0.3 is 0 Å². The maximum atomic E-state index is 13.0. The van der Waals surface area contributed by atoms with Gasteiger partial charge in [-0.05, 0) is 43.8 Å². The van der Waals surface area contributed by atoms with Crippen molar-refractivity contribution < 1.29 is 9.18 Å². The largest absolute Gasteiger partial charge is 0.323 e. The quantitative estimate of drug-likeness (QED) is 0.790. The van der Waals surface area contributed by atoms with Gasteiger partial charge in [-0.25, -0.2) is 4.39 Å². The minimum absolute atomic E-state index is 0.180. The molecule has 1 N–H and O–H groups in total. The van der Waals surface area contributed by atoms with Crippen LogP contribution in [0, 0.1) is 5.82 Å². The maximum Gasteiger partial charge on any atom is 0.241 e. The van der Waals surface area contributed by atoms with Gasteiger partial charge in [-0.15, -0.1) is 0 Å². The highest BCUT2D eigenvalue weighted by Gasteiger charge is 2.19. The van der Waals surface area contributed by atoms with Crippen LogP contribution in [0.25, 0.3) is 0 Å². The van der Waals surface area contributed by atoms with Crippen LogP contribution >= 0.6 is 27.5 Å². The standard InChI is InChI=1S/C17H17BrClFN2O/c1-11(22(2)10-12-5-3-4-6-14(12)18)17(23)21-16-8-7-13(20)9-15(16)19/h3-9,11H,10H2,1-2H3,(H,21,23)/t11-/m1/s1. The monoisotopic (exact) mass is 398 g/mol. The average Bonchev–Trinajstić information content (AvgIpc) is 2.51. The molecule has 0 aromatic heterocycles. The molecule has 23 heavy (non-hydrogen) atoms. The number of rotatable bonds is 5. The fraction of sp³-hybridized carbons (Fsp3) is 0.235. The molecule has 6 heteroatoms. The lowest BCUT2D eigenvalue weighted by atomic mass is 10.2. The van der Waals surface area contributed by atoms with E-state index >= 15 is 0 Å². The summed E-state index contributed by atoms with van der Waals surface area (Å²) in [5.74, 6) is -0.639. The smallest absolute Gasteiger partial charge is 0.241 e. The summed E-state index contributed by atoms with van der Waals surface area (Å²) in [5, 5.41) is 2.91. The summed E-state index contributed by atoms with van der Waals surface area (Å²) in [7, 11) is 1.87. The molecule has 0 fully saturated rings. The Morgan fingerprint density at radius 1 is 1.35 bits per heavy atom. The second-order valence-corrected chi connectivity index (χ2v) is 6.56. The van der Waals surface area contributed by atoms with Crippen molar-refractivity contribution in [2.45, 2.75) is 19.5 Å². The van der Waals surface area contributed by atoms with Crippen molar-refractivity contribution in [2.24, 2.45) is 0 Å². The van der Waals surface area contributed by atoms with Crippen molar-refractivity contribution in [1.82, 2.24) is 4.90 Å². The van der Waals surface area contributed by atoms with Gasteiger partial charge in [0.2, 0.25) is 5.91 Å². The maximum absolute atomic E-state index is 13.0. The van der Waals surface area contributed by atoms with Crippen molar-refractivity contribution in [1.29, 1.82) is 0 Å². The Morgan fingerprint density at radius 3 is 2.70 bits per heavy atom. The Balaban J connectivity index is 2.02. The summed E-state index contributed by atoms with van der Waals surface area (Å²) in [5.41, 5.74) is 1.49. The molecule has 0 saturated heterocycles. The van der Waals surface area contributed by atoms with Crippen LogP contribution in [0.3, 0.4) is 0 Å². The Morgan fingerprint density at radius 2 is 2.04 bits per heavy atom. The zero-order valence-corrected chi connectivity index (χ0v) is 15.2. The lowest BCUT2D eigenvalue weighted by Crippen LogP contribution is -2.39. The van der Waals surface area contributed by atoms with E-state index in [2.05, 4.69) is 21.2 Å². The van der Waals surface area contributed by atoms with Crippen molar-refractivity contribution >= 4 is 39.1 Å². The van der Waals surface area contributed by atoms with Gasteiger partial charge in [0.05, 0.1) is 16.8 Å². The molecule has 0 aliphatic rings. The van der Waals surface area contributed by atoms with Gasteiger partial charge in [-0.3, -0.25) is 9.69 Å². The van der Waals surface area contributed by atoms with E-state index < -0.39 is 5.82 Å². The third-order valence-electron chi connectivity index (χ3n) is 3.61. The molecule has 3 nitrogen and oxygen atoms in total. The van der Waals surface area contributed by atoms with Crippen molar-refractivity contribution in [3.8, 4) is 0 Å². The van der Waals surface area contributed by atoms with Gasteiger partial charge in [0, 0.05) is 11.0 Å². The number of hydrogen-bond donors (Lipinski definition) is 1. The van der Waals surface area contributed by atoms with E-state index in [-0.39, 0.29) is 17.0 Å². The topological polar surface area (TPSA) is 32.3 Å². The molecule has 122 valence electrons. The number of benzene rings is 2. The lowest BCUT2D eigenvalue weighted by molar-refractivity contribution is -0.120. The molecule has 0 bridgehead atoms. The molecule has 0 heterocycles. The van der Waals surface area contributed by atoms with E-state index in [1.165, 1.54) is 18.2 Å². The summed E-state index contributed by atoms with van der Waals surface area (Å²) in [4.78, 5) is 14.3. The van der Waals surface area contributed by atoms with E-state index in [1.54, 1.807) is 0 Å². The Hall–Kier alpha value is -1.43. The van der Waals surface area contributed by atoms with Gasteiger partial charge in [-0.1, -0.05) is 45.7 Å². The third-order valence-corrected chi connectivity index (χ3v) is 4.69. The third kappa shape index (κ3) is 4.77. The van der Waals surface area contributed by atoms with Gasteiger partial charge < -0.3 is 5.32 Å². The van der Waals surface area contributed by atoms with Crippen LogP contribution in [-0.4, -0.2) is 23.9 Å². The Kier molecular flexibility index (Phi) is 6.16. The van der Waals surface area contributed by atoms with Crippen LogP contribution in [0.1, 0.15) is 12.5 Å². The summed E-state index contributed by atoms with van der Waals surface area (Å²) >= 11 is 9.43. The summed E-state index contributed by atoms with van der Waals surface area (Å²) in [6.07, 6.45) is 0. The minimum atomic E-state index is -0.438. The van der Waals surface area contributed by atoms with Crippen LogP contribution in [-0.2, 0) is 11.3 Å². The molecule has 0 saturated carbocycles. The number of carbonyl (C=O) groups is 1. The number of nitrogens with zero attached hydrogens (tertiary/aromatic N) is 1. The molecule has 2 aromatic rings. The lowest BCUT2D eigenvalue weighted by Gasteiger charge is -2.24. The van der Waals surface area contributed by atoms with Gasteiger partial charge in [0.1, 0.15) is 5.82 Å².